The minimum atomic E-state index is -1.39. The van der Waals surface area contributed by atoms with Crippen LogP contribution in [-0.4, -0.2) is 51.6 Å². The molecule has 3 aliphatic rings. The number of benzene rings is 1. The maximum absolute atomic E-state index is 13.7. The van der Waals surface area contributed by atoms with Gasteiger partial charge >= 0.3 is 17.6 Å². The molecule has 48 heavy (non-hydrogen) atoms. The molecule has 1 aromatic carbocycles. The molecular formula is C37H40N2O9. The van der Waals surface area contributed by atoms with Crippen molar-refractivity contribution in [2.45, 2.75) is 77.8 Å². The summed E-state index contributed by atoms with van der Waals surface area (Å²) in [4.78, 5) is 44.0. The molecular weight excluding hydrogens is 616 g/mol. The zero-order chi connectivity index (χ0) is 34.6. The molecule has 2 N–H and O–H groups in total. The minimum absolute atomic E-state index is 0.0387. The minimum Gasteiger partial charge on any atom is -0.482 e. The second kappa shape index (κ2) is 12.2. The number of hydrogen-bond donors (Lipinski definition) is 2. The topological polar surface area (TPSA) is 169 Å². The number of aliphatic hydroxyl groups is 2. The van der Waals surface area contributed by atoms with E-state index in [2.05, 4.69) is 4.98 Å². The van der Waals surface area contributed by atoms with Crippen LogP contribution in [0.3, 0.4) is 0 Å². The van der Waals surface area contributed by atoms with E-state index in [1.165, 1.54) is 24.3 Å². The van der Waals surface area contributed by atoms with E-state index in [4.69, 9.17) is 18.6 Å². The van der Waals surface area contributed by atoms with E-state index in [1.54, 1.807) is 51.4 Å². The largest absolute Gasteiger partial charge is 0.482 e. The SMILES string of the molecule is CC(C)C(=O)OC[C@@]1(C)C2C[C@H](OC(=O)c3ccc(C#N)cc3)[C@@]3(C)Oc4cc(-c5cccnc5)oc(=O)c4[C@H](O)C3[C@@]2(C)CC[C@@H]1O. The number of nitrogens with zero attached hydrogens (tertiary/aromatic N) is 2. The number of ether oxygens (including phenoxy) is 3. The van der Waals surface area contributed by atoms with Gasteiger partial charge in [0.2, 0.25) is 0 Å². The van der Waals surface area contributed by atoms with E-state index >= 15 is 0 Å². The molecule has 2 fully saturated rings. The molecule has 0 radical (unpaired) electrons. The third-order valence-electron chi connectivity index (χ3n) is 11.1. The number of esters is 2. The van der Waals surface area contributed by atoms with Gasteiger partial charge in [-0.25, -0.2) is 9.59 Å². The van der Waals surface area contributed by atoms with Gasteiger partial charge in [0.1, 0.15) is 28.8 Å². The number of carbonyl (C=O) groups excluding carboxylic acids is 2. The Morgan fingerprint density at radius 2 is 1.88 bits per heavy atom. The van der Waals surface area contributed by atoms with Crippen LogP contribution in [0.25, 0.3) is 11.3 Å². The number of aliphatic hydroxyl groups excluding tert-OH is 2. The van der Waals surface area contributed by atoms with Crippen molar-refractivity contribution in [1.29, 1.82) is 5.26 Å². The summed E-state index contributed by atoms with van der Waals surface area (Å²) in [7, 11) is 0. The van der Waals surface area contributed by atoms with Crippen molar-refractivity contribution in [3.8, 4) is 23.1 Å². The van der Waals surface area contributed by atoms with E-state index in [-0.39, 0.29) is 41.6 Å². The maximum Gasteiger partial charge on any atom is 0.345 e. The van der Waals surface area contributed by atoms with Crippen LogP contribution in [0.1, 0.15) is 81.5 Å². The fraction of sp³-hybridized carbons (Fsp3) is 0.486. The predicted octanol–water partition coefficient (Wildman–Crippen LogP) is 4.99. The van der Waals surface area contributed by atoms with Crippen LogP contribution < -0.4 is 10.4 Å². The molecule has 2 saturated carbocycles. The molecule has 0 spiro atoms. The number of hydrogen-bond acceptors (Lipinski definition) is 11. The second-order valence-electron chi connectivity index (χ2n) is 14.3. The van der Waals surface area contributed by atoms with Crippen LogP contribution in [0.4, 0.5) is 0 Å². The van der Waals surface area contributed by atoms with Crippen molar-refractivity contribution in [2.75, 3.05) is 6.61 Å². The molecule has 2 aliphatic carbocycles. The van der Waals surface area contributed by atoms with Crippen molar-refractivity contribution in [3.63, 3.8) is 0 Å². The number of rotatable bonds is 6. The third-order valence-corrected chi connectivity index (χ3v) is 11.1. The van der Waals surface area contributed by atoms with E-state index < -0.39 is 64.1 Å². The summed E-state index contributed by atoms with van der Waals surface area (Å²) in [5, 5.41) is 33.0. The number of nitriles is 1. The Balaban J connectivity index is 1.47. The van der Waals surface area contributed by atoms with Crippen LogP contribution in [0.15, 0.2) is 64.1 Å². The number of fused-ring (bicyclic) bond motifs is 4. The van der Waals surface area contributed by atoms with Gasteiger partial charge in [0.25, 0.3) is 0 Å². The molecule has 3 aromatic rings. The monoisotopic (exact) mass is 656 g/mol. The third kappa shape index (κ3) is 5.37. The summed E-state index contributed by atoms with van der Waals surface area (Å²) in [6.07, 6.45) is 0.912. The highest BCUT2D eigenvalue weighted by atomic mass is 16.6. The Morgan fingerprint density at radius 3 is 2.52 bits per heavy atom. The molecule has 0 amide bonds. The zero-order valence-corrected chi connectivity index (χ0v) is 27.6. The maximum atomic E-state index is 13.7. The van der Waals surface area contributed by atoms with Crippen molar-refractivity contribution in [1.82, 2.24) is 4.98 Å². The first-order valence-electron chi connectivity index (χ1n) is 16.2. The molecule has 0 saturated heterocycles. The fourth-order valence-electron chi connectivity index (χ4n) is 8.47. The standard InChI is InChI=1S/C37H40N2O9/c1-20(2)32(42)45-19-36(4)26-16-28(47-33(43)22-10-8-21(17-38)9-11-22)37(5)31(35(26,3)13-12-27(36)40)30(41)29-25(48-37)15-24(46-34(29)44)23-7-6-14-39-18-23/h6-11,14-15,18,20,26-28,30-31,40-41H,12-13,16,19H2,1-5H3/t26?,27-,28-,30-,31?,35-,36-,37+/m0/s1. The van der Waals surface area contributed by atoms with Gasteiger partial charge in [-0.3, -0.25) is 9.78 Å². The Hall–Kier alpha value is -4.53. The highest BCUT2D eigenvalue weighted by molar-refractivity contribution is 5.89. The quantitative estimate of drug-likeness (QED) is 0.343. The van der Waals surface area contributed by atoms with Gasteiger partial charge in [0, 0.05) is 35.4 Å². The molecule has 11 nitrogen and oxygen atoms in total. The molecule has 3 heterocycles. The number of aromatic nitrogens is 1. The Kier molecular flexibility index (Phi) is 8.46. The van der Waals surface area contributed by atoms with Gasteiger partial charge in [-0.05, 0) is 73.9 Å². The summed E-state index contributed by atoms with van der Waals surface area (Å²) >= 11 is 0. The Morgan fingerprint density at radius 1 is 1.15 bits per heavy atom. The summed E-state index contributed by atoms with van der Waals surface area (Å²) in [6.45, 7) is 9.01. The van der Waals surface area contributed by atoms with Gasteiger partial charge in [-0.2, -0.15) is 5.26 Å². The molecule has 2 aromatic heterocycles. The zero-order valence-electron chi connectivity index (χ0n) is 27.6. The van der Waals surface area contributed by atoms with Crippen molar-refractivity contribution in [3.05, 3.63) is 82.0 Å². The first-order valence-corrected chi connectivity index (χ1v) is 16.2. The molecule has 1 aliphatic heterocycles. The van der Waals surface area contributed by atoms with Crippen LogP contribution in [0, 0.1) is 39.9 Å². The highest BCUT2D eigenvalue weighted by Crippen LogP contribution is 2.67. The molecule has 2 unspecified atom stereocenters. The molecule has 6 rings (SSSR count). The van der Waals surface area contributed by atoms with E-state index in [1.807, 2.05) is 19.9 Å². The predicted molar refractivity (Wildman–Crippen MR) is 171 cm³/mol. The van der Waals surface area contributed by atoms with Gasteiger partial charge < -0.3 is 28.8 Å². The van der Waals surface area contributed by atoms with Gasteiger partial charge in [0.05, 0.1) is 41.9 Å². The number of carbonyl (C=O) groups is 2. The van der Waals surface area contributed by atoms with Crippen LogP contribution >= 0.6 is 0 Å². The van der Waals surface area contributed by atoms with Crippen molar-refractivity contribution in [2.24, 2.45) is 28.6 Å². The fourth-order valence-corrected chi connectivity index (χ4v) is 8.47. The lowest BCUT2D eigenvalue weighted by Crippen LogP contribution is -2.71. The molecule has 0 bridgehead atoms. The Labute approximate surface area is 278 Å². The van der Waals surface area contributed by atoms with Gasteiger partial charge in [-0.15, -0.1) is 0 Å². The lowest BCUT2D eigenvalue weighted by Gasteiger charge is -2.66. The second-order valence-corrected chi connectivity index (χ2v) is 14.3. The van der Waals surface area contributed by atoms with Crippen molar-refractivity contribution >= 4 is 11.9 Å². The van der Waals surface area contributed by atoms with Crippen molar-refractivity contribution < 1.29 is 38.4 Å². The lowest BCUT2D eigenvalue weighted by atomic mass is 9.42. The lowest BCUT2D eigenvalue weighted by molar-refractivity contribution is -0.264. The smallest absolute Gasteiger partial charge is 0.345 e. The Bertz CT molecular complexity index is 1820. The highest BCUT2D eigenvalue weighted by Gasteiger charge is 2.70. The first-order chi connectivity index (χ1) is 22.7. The summed E-state index contributed by atoms with van der Waals surface area (Å²) in [5.74, 6) is -2.39. The summed E-state index contributed by atoms with van der Waals surface area (Å²) in [5.41, 5.74) is -2.79. The summed E-state index contributed by atoms with van der Waals surface area (Å²) < 4.78 is 24.4. The van der Waals surface area contributed by atoms with Gasteiger partial charge in [0.15, 0.2) is 0 Å². The molecule has 252 valence electrons. The van der Waals surface area contributed by atoms with Gasteiger partial charge in [-0.1, -0.05) is 27.7 Å². The normalized spacial score (nSPS) is 32.1. The average molecular weight is 657 g/mol. The van der Waals surface area contributed by atoms with E-state index in [0.717, 1.165) is 0 Å². The summed E-state index contributed by atoms with van der Waals surface area (Å²) in [6, 6.07) is 13.1. The van der Waals surface area contributed by atoms with Crippen LogP contribution in [0.2, 0.25) is 0 Å². The number of pyridine rings is 1. The van der Waals surface area contributed by atoms with E-state index in [0.29, 0.717) is 24.0 Å². The molecule has 11 heteroatoms. The van der Waals surface area contributed by atoms with Crippen LogP contribution in [-0.2, 0) is 14.3 Å². The van der Waals surface area contributed by atoms with Crippen LogP contribution in [0.5, 0.6) is 5.75 Å². The molecule has 8 atom stereocenters. The van der Waals surface area contributed by atoms with E-state index in [9.17, 15) is 29.9 Å². The average Bonchev–Trinajstić information content (AvgIpc) is 3.06. The first kappa shape index (κ1) is 33.4.